The first-order valence-electron chi connectivity index (χ1n) is 8.02. The SMILES string of the molecule is C[C@H]1CN(C(=O)O)CCN1c1ccc([N+](=O)[O-])c(Nc2ccncc2)n1. The number of anilines is 3. The molecule has 0 unspecified atom stereocenters. The summed E-state index contributed by atoms with van der Waals surface area (Å²) in [5.74, 6) is 0.691. The molecule has 10 heteroatoms. The van der Waals surface area contributed by atoms with Crippen molar-refractivity contribution in [1.82, 2.24) is 14.9 Å². The molecule has 2 aromatic heterocycles. The molecule has 1 atom stereocenters. The second-order valence-electron chi connectivity index (χ2n) is 5.93. The molecule has 1 fully saturated rings. The molecule has 2 N–H and O–H groups in total. The minimum absolute atomic E-state index is 0.0948. The number of nitro groups is 1. The van der Waals surface area contributed by atoms with Crippen molar-refractivity contribution in [1.29, 1.82) is 0 Å². The maximum absolute atomic E-state index is 11.3. The second-order valence-corrected chi connectivity index (χ2v) is 5.93. The minimum atomic E-state index is -0.951. The fourth-order valence-electron chi connectivity index (χ4n) is 2.88. The quantitative estimate of drug-likeness (QED) is 0.630. The molecule has 136 valence electrons. The first-order chi connectivity index (χ1) is 12.5. The predicted molar refractivity (Wildman–Crippen MR) is 94.8 cm³/mol. The largest absolute Gasteiger partial charge is 0.465 e. The molecule has 0 aliphatic carbocycles. The van der Waals surface area contributed by atoms with Gasteiger partial charge in [-0.3, -0.25) is 15.1 Å². The summed E-state index contributed by atoms with van der Waals surface area (Å²) in [4.78, 5) is 33.6. The third-order valence-electron chi connectivity index (χ3n) is 4.19. The lowest BCUT2D eigenvalue weighted by molar-refractivity contribution is -0.384. The Morgan fingerprint density at radius 3 is 2.65 bits per heavy atom. The number of rotatable bonds is 4. The van der Waals surface area contributed by atoms with Crippen molar-refractivity contribution in [3.05, 3.63) is 46.8 Å². The van der Waals surface area contributed by atoms with Gasteiger partial charge in [0.2, 0.25) is 5.82 Å². The highest BCUT2D eigenvalue weighted by Gasteiger charge is 2.28. The normalized spacial score (nSPS) is 17.0. The monoisotopic (exact) mass is 358 g/mol. The third kappa shape index (κ3) is 3.63. The summed E-state index contributed by atoms with van der Waals surface area (Å²) < 4.78 is 0. The maximum atomic E-state index is 11.3. The average molecular weight is 358 g/mol. The first-order valence-corrected chi connectivity index (χ1v) is 8.02. The van der Waals surface area contributed by atoms with Crippen LogP contribution < -0.4 is 10.2 Å². The van der Waals surface area contributed by atoms with Crippen molar-refractivity contribution < 1.29 is 14.8 Å². The van der Waals surface area contributed by atoms with Gasteiger partial charge in [-0.2, -0.15) is 0 Å². The Labute approximate surface area is 149 Å². The van der Waals surface area contributed by atoms with E-state index in [9.17, 15) is 14.9 Å². The number of pyridine rings is 2. The summed E-state index contributed by atoms with van der Waals surface area (Å²) in [6, 6.07) is 6.27. The van der Waals surface area contributed by atoms with Crippen LogP contribution in [0.25, 0.3) is 0 Å². The van der Waals surface area contributed by atoms with E-state index in [2.05, 4.69) is 15.3 Å². The molecule has 0 aromatic carbocycles. The summed E-state index contributed by atoms with van der Waals surface area (Å²) in [5.41, 5.74) is 0.499. The summed E-state index contributed by atoms with van der Waals surface area (Å²) in [6.07, 6.45) is 2.20. The molecule has 1 amide bonds. The lowest BCUT2D eigenvalue weighted by atomic mass is 10.2. The first kappa shape index (κ1) is 17.4. The number of amides is 1. The van der Waals surface area contributed by atoms with Gasteiger partial charge in [0.1, 0.15) is 5.82 Å². The van der Waals surface area contributed by atoms with Crippen LogP contribution in [0.2, 0.25) is 0 Å². The molecule has 3 heterocycles. The Balaban J connectivity index is 1.88. The van der Waals surface area contributed by atoms with Gasteiger partial charge in [-0.15, -0.1) is 0 Å². The lowest BCUT2D eigenvalue weighted by Crippen LogP contribution is -2.53. The van der Waals surface area contributed by atoms with Crippen LogP contribution in [0.5, 0.6) is 0 Å². The zero-order valence-corrected chi connectivity index (χ0v) is 14.1. The van der Waals surface area contributed by atoms with E-state index in [0.29, 0.717) is 31.1 Å². The number of aromatic nitrogens is 2. The highest BCUT2D eigenvalue weighted by atomic mass is 16.6. The van der Waals surface area contributed by atoms with Crippen LogP contribution >= 0.6 is 0 Å². The third-order valence-corrected chi connectivity index (χ3v) is 4.19. The van der Waals surface area contributed by atoms with Gasteiger partial charge in [-0.1, -0.05) is 0 Å². The number of hydrogen-bond acceptors (Lipinski definition) is 7. The van der Waals surface area contributed by atoms with E-state index >= 15 is 0 Å². The molecule has 2 aromatic rings. The van der Waals surface area contributed by atoms with E-state index in [1.54, 1.807) is 30.6 Å². The van der Waals surface area contributed by atoms with E-state index in [1.807, 2.05) is 11.8 Å². The zero-order chi connectivity index (χ0) is 18.7. The summed E-state index contributed by atoms with van der Waals surface area (Å²) >= 11 is 0. The number of nitrogens with one attached hydrogen (secondary N) is 1. The van der Waals surface area contributed by atoms with Gasteiger partial charge in [-0.25, -0.2) is 9.78 Å². The zero-order valence-electron chi connectivity index (χ0n) is 14.1. The van der Waals surface area contributed by atoms with Crippen LogP contribution in [0.1, 0.15) is 6.92 Å². The van der Waals surface area contributed by atoms with Gasteiger partial charge in [0.15, 0.2) is 0 Å². The van der Waals surface area contributed by atoms with Crippen molar-refractivity contribution >= 4 is 29.1 Å². The topological polar surface area (TPSA) is 125 Å². The van der Waals surface area contributed by atoms with Crippen LogP contribution in [-0.2, 0) is 0 Å². The van der Waals surface area contributed by atoms with Crippen LogP contribution in [0.15, 0.2) is 36.7 Å². The molecule has 1 aliphatic heterocycles. The van der Waals surface area contributed by atoms with Crippen molar-refractivity contribution in [3.63, 3.8) is 0 Å². The standard InChI is InChI=1S/C16H18N6O4/c1-11-10-20(16(23)24)8-9-21(11)14-3-2-13(22(25)26)15(19-14)18-12-4-6-17-7-5-12/h2-7,11H,8-10H2,1H3,(H,23,24)(H,17,18,19)/t11-/m0/s1. The molecule has 0 bridgehead atoms. The molecular weight excluding hydrogens is 340 g/mol. The number of nitrogens with zero attached hydrogens (tertiary/aromatic N) is 5. The molecule has 1 aliphatic rings. The van der Waals surface area contributed by atoms with Crippen molar-refractivity contribution in [2.45, 2.75) is 13.0 Å². The van der Waals surface area contributed by atoms with Crippen LogP contribution in [0, 0.1) is 10.1 Å². The van der Waals surface area contributed by atoms with Crippen molar-refractivity contribution in [2.75, 3.05) is 29.9 Å². The van der Waals surface area contributed by atoms with E-state index in [0.717, 1.165) is 0 Å². The van der Waals surface area contributed by atoms with E-state index in [-0.39, 0.29) is 17.5 Å². The summed E-state index contributed by atoms with van der Waals surface area (Å²) in [5, 5.41) is 23.4. The molecule has 3 rings (SSSR count). The number of carbonyl (C=O) groups is 1. The number of hydrogen-bond donors (Lipinski definition) is 2. The van der Waals surface area contributed by atoms with Gasteiger partial charge >= 0.3 is 11.8 Å². The lowest BCUT2D eigenvalue weighted by Gasteiger charge is -2.39. The molecular formula is C16H18N6O4. The molecule has 0 saturated carbocycles. The van der Waals surface area contributed by atoms with Crippen LogP contribution in [0.4, 0.5) is 27.8 Å². The Kier molecular flexibility index (Phi) is 4.83. The number of piperazine rings is 1. The van der Waals surface area contributed by atoms with Gasteiger partial charge < -0.3 is 20.2 Å². The molecule has 10 nitrogen and oxygen atoms in total. The summed E-state index contributed by atoms with van der Waals surface area (Å²) in [6.45, 7) is 3.06. The van der Waals surface area contributed by atoms with Gasteiger partial charge in [0.05, 0.1) is 4.92 Å². The molecule has 0 spiro atoms. The Hall–Kier alpha value is -3.43. The van der Waals surface area contributed by atoms with Crippen LogP contribution in [0.3, 0.4) is 0 Å². The van der Waals surface area contributed by atoms with Gasteiger partial charge in [-0.05, 0) is 25.1 Å². The van der Waals surface area contributed by atoms with Gasteiger partial charge in [0, 0.05) is 49.8 Å². The van der Waals surface area contributed by atoms with E-state index in [1.165, 1.54) is 11.0 Å². The highest BCUT2D eigenvalue weighted by molar-refractivity contribution is 5.68. The van der Waals surface area contributed by atoms with Crippen molar-refractivity contribution in [2.24, 2.45) is 0 Å². The van der Waals surface area contributed by atoms with E-state index in [4.69, 9.17) is 5.11 Å². The Bertz CT molecular complexity index is 816. The minimum Gasteiger partial charge on any atom is -0.465 e. The molecule has 0 radical (unpaired) electrons. The molecule has 26 heavy (non-hydrogen) atoms. The average Bonchev–Trinajstić information content (AvgIpc) is 2.62. The van der Waals surface area contributed by atoms with E-state index < -0.39 is 11.0 Å². The maximum Gasteiger partial charge on any atom is 0.407 e. The Morgan fingerprint density at radius 1 is 1.31 bits per heavy atom. The smallest absolute Gasteiger partial charge is 0.407 e. The predicted octanol–water partition coefficient (Wildman–Crippen LogP) is 2.32. The van der Waals surface area contributed by atoms with Crippen molar-refractivity contribution in [3.8, 4) is 0 Å². The molecule has 1 saturated heterocycles. The second kappa shape index (κ2) is 7.21. The fraction of sp³-hybridized carbons (Fsp3) is 0.312. The van der Waals surface area contributed by atoms with Crippen LogP contribution in [-0.4, -0.2) is 56.7 Å². The Morgan fingerprint density at radius 2 is 2.04 bits per heavy atom. The van der Waals surface area contributed by atoms with Gasteiger partial charge in [0.25, 0.3) is 0 Å². The fourth-order valence-corrected chi connectivity index (χ4v) is 2.88. The number of carboxylic acid groups (broad SMARTS) is 1. The highest BCUT2D eigenvalue weighted by Crippen LogP contribution is 2.29. The summed E-state index contributed by atoms with van der Waals surface area (Å²) in [7, 11) is 0.